The molecule has 10 heteroatoms. The molecule has 0 spiro atoms. The standard InChI is InChI=1S/C12H17ClN2O5S2/c1-12(5-2-6-20-12)8-15(21(16)17)9-3-4-10(13)11(7-9)22(14,18)19/h3-4,7H,2,5-6,8H2,1H3,(H,16,17)(H2,14,18,19). The molecule has 0 aromatic heterocycles. The Morgan fingerprint density at radius 2 is 2.23 bits per heavy atom. The van der Waals surface area contributed by atoms with Crippen LogP contribution < -0.4 is 9.44 Å². The molecular weight excluding hydrogens is 352 g/mol. The molecule has 3 N–H and O–H groups in total. The summed E-state index contributed by atoms with van der Waals surface area (Å²) in [6.45, 7) is 2.57. The second-order valence-electron chi connectivity index (χ2n) is 5.33. The lowest BCUT2D eigenvalue weighted by Crippen LogP contribution is -2.41. The summed E-state index contributed by atoms with van der Waals surface area (Å²) >= 11 is 3.48. The molecule has 0 aliphatic carbocycles. The average Bonchev–Trinajstić information content (AvgIpc) is 2.82. The van der Waals surface area contributed by atoms with E-state index in [0.29, 0.717) is 6.61 Å². The van der Waals surface area contributed by atoms with E-state index in [2.05, 4.69) is 0 Å². The lowest BCUT2D eigenvalue weighted by molar-refractivity contribution is 0.0289. The van der Waals surface area contributed by atoms with Gasteiger partial charge in [0.2, 0.25) is 10.0 Å². The molecule has 1 aliphatic rings. The number of ether oxygens (including phenoxy) is 1. The van der Waals surface area contributed by atoms with Crippen molar-refractivity contribution in [3.8, 4) is 0 Å². The molecule has 2 atom stereocenters. The number of halogens is 1. The molecule has 1 aliphatic heterocycles. The van der Waals surface area contributed by atoms with Crippen molar-refractivity contribution >= 4 is 38.6 Å². The zero-order valence-electron chi connectivity index (χ0n) is 11.9. The number of rotatable bonds is 5. The summed E-state index contributed by atoms with van der Waals surface area (Å²) in [6.07, 6.45) is 1.61. The summed E-state index contributed by atoms with van der Waals surface area (Å²) in [7, 11) is -4.03. The first kappa shape index (κ1) is 17.6. The molecule has 7 nitrogen and oxygen atoms in total. The van der Waals surface area contributed by atoms with E-state index in [1.54, 1.807) is 0 Å². The number of benzene rings is 1. The zero-order chi connectivity index (χ0) is 16.5. The SMILES string of the molecule is CC1(CN(c2ccc(Cl)c(S(N)(=O)=O)c2)S(=O)O)CCCO1. The van der Waals surface area contributed by atoms with E-state index in [9.17, 15) is 17.2 Å². The summed E-state index contributed by atoms with van der Waals surface area (Å²) in [5.41, 5.74) is -0.342. The fourth-order valence-corrected chi connectivity index (χ4v) is 4.11. The Morgan fingerprint density at radius 3 is 2.73 bits per heavy atom. The predicted molar refractivity (Wildman–Crippen MR) is 84.5 cm³/mol. The third kappa shape index (κ3) is 3.98. The molecule has 1 heterocycles. The van der Waals surface area contributed by atoms with Crippen LogP contribution in [-0.4, -0.2) is 35.9 Å². The van der Waals surface area contributed by atoms with Crippen LogP contribution in [0.3, 0.4) is 0 Å². The maximum absolute atomic E-state index is 11.6. The van der Waals surface area contributed by atoms with Crippen LogP contribution in [-0.2, 0) is 26.0 Å². The van der Waals surface area contributed by atoms with Crippen LogP contribution in [0.15, 0.2) is 23.1 Å². The molecule has 124 valence electrons. The number of primary sulfonamides is 1. The Hall–Kier alpha value is -0.710. The van der Waals surface area contributed by atoms with Crippen LogP contribution in [0.5, 0.6) is 0 Å². The van der Waals surface area contributed by atoms with Gasteiger partial charge >= 0.3 is 0 Å². The van der Waals surface area contributed by atoms with E-state index in [4.69, 9.17) is 21.5 Å². The number of sulfonamides is 1. The van der Waals surface area contributed by atoms with Crippen LogP contribution >= 0.6 is 11.6 Å². The van der Waals surface area contributed by atoms with E-state index in [0.717, 1.165) is 17.1 Å². The summed E-state index contributed by atoms with van der Waals surface area (Å²) in [4.78, 5) is -0.292. The van der Waals surface area contributed by atoms with Gasteiger partial charge in [0.1, 0.15) is 4.90 Å². The van der Waals surface area contributed by atoms with Crippen molar-refractivity contribution in [2.45, 2.75) is 30.3 Å². The number of nitrogens with two attached hydrogens (primary N) is 1. The van der Waals surface area contributed by atoms with Crippen LogP contribution in [0.1, 0.15) is 19.8 Å². The largest absolute Gasteiger partial charge is 0.373 e. The minimum absolute atomic E-state index is 0.0433. The van der Waals surface area contributed by atoms with Crippen molar-refractivity contribution in [2.24, 2.45) is 5.14 Å². The second-order valence-corrected chi connectivity index (χ2v) is 8.17. The first-order valence-electron chi connectivity index (χ1n) is 6.47. The van der Waals surface area contributed by atoms with Gasteiger partial charge in [0.25, 0.3) is 11.3 Å². The molecule has 22 heavy (non-hydrogen) atoms. The van der Waals surface area contributed by atoms with Gasteiger partial charge in [0, 0.05) is 6.61 Å². The van der Waals surface area contributed by atoms with Gasteiger partial charge in [-0.25, -0.2) is 17.8 Å². The van der Waals surface area contributed by atoms with Gasteiger partial charge in [-0.2, -0.15) is 0 Å². The number of hydrogen-bond acceptors (Lipinski definition) is 4. The van der Waals surface area contributed by atoms with Gasteiger partial charge in [-0.3, -0.25) is 8.86 Å². The highest BCUT2D eigenvalue weighted by Crippen LogP contribution is 2.31. The fraction of sp³-hybridized carbons (Fsp3) is 0.500. The molecule has 1 aromatic carbocycles. The third-order valence-electron chi connectivity index (χ3n) is 3.48. The van der Waals surface area contributed by atoms with Crippen LogP contribution in [0.4, 0.5) is 5.69 Å². The van der Waals surface area contributed by atoms with Gasteiger partial charge < -0.3 is 4.74 Å². The summed E-state index contributed by atoms with van der Waals surface area (Å²) < 4.78 is 51.0. The monoisotopic (exact) mass is 368 g/mol. The van der Waals surface area contributed by atoms with Crippen LogP contribution in [0.2, 0.25) is 5.02 Å². The highest BCUT2D eigenvalue weighted by atomic mass is 35.5. The lowest BCUT2D eigenvalue weighted by Gasteiger charge is -2.30. The Balaban J connectivity index is 2.39. The molecule has 2 rings (SSSR count). The smallest absolute Gasteiger partial charge is 0.261 e. The van der Waals surface area contributed by atoms with Gasteiger partial charge in [0.15, 0.2) is 0 Å². The minimum atomic E-state index is -4.03. The van der Waals surface area contributed by atoms with E-state index in [-0.39, 0.29) is 22.2 Å². The highest BCUT2D eigenvalue weighted by Gasteiger charge is 2.34. The van der Waals surface area contributed by atoms with Crippen LogP contribution in [0.25, 0.3) is 0 Å². The molecule has 1 aromatic rings. The predicted octanol–water partition coefficient (Wildman–Crippen LogP) is 1.50. The molecule has 1 fully saturated rings. The maximum atomic E-state index is 11.6. The second kappa shape index (κ2) is 6.42. The van der Waals surface area contributed by atoms with E-state index in [1.807, 2.05) is 6.92 Å². The van der Waals surface area contributed by atoms with Crippen molar-refractivity contribution in [1.82, 2.24) is 0 Å². The third-order valence-corrected chi connectivity index (χ3v) is 5.59. The molecule has 2 unspecified atom stereocenters. The van der Waals surface area contributed by atoms with Crippen molar-refractivity contribution in [2.75, 3.05) is 17.5 Å². The van der Waals surface area contributed by atoms with Crippen molar-refractivity contribution in [3.05, 3.63) is 23.2 Å². The van der Waals surface area contributed by atoms with Gasteiger partial charge in [-0.15, -0.1) is 0 Å². The van der Waals surface area contributed by atoms with E-state index >= 15 is 0 Å². The van der Waals surface area contributed by atoms with Crippen molar-refractivity contribution < 1.29 is 21.9 Å². The molecule has 0 bridgehead atoms. The normalized spacial score (nSPS) is 23.5. The molecule has 1 saturated heterocycles. The Kier molecular flexibility index (Phi) is 5.15. The Labute approximate surface area is 136 Å². The highest BCUT2D eigenvalue weighted by molar-refractivity contribution is 7.89. The van der Waals surface area contributed by atoms with E-state index in [1.165, 1.54) is 18.2 Å². The molecular formula is C12H17ClN2O5S2. The molecule has 0 amide bonds. The van der Waals surface area contributed by atoms with Crippen molar-refractivity contribution in [1.29, 1.82) is 0 Å². The number of hydrogen-bond donors (Lipinski definition) is 2. The van der Waals surface area contributed by atoms with Crippen LogP contribution in [0, 0.1) is 0 Å². The minimum Gasteiger partial charge on any atom is -0.373 e. The number of nitrogens with zero attached hydrogens (tertiary/aromatic N) is 1. The van der Waals surface area contributed by atoms with Gasteiger partial charge in [-0.05, 0) is 38.0 Å². The zero-order valence-corrected chi connectivity index (χ0v) is 14.2. The summed E-state index contributed by atoms with van der Waals surface area (Å²) in [5.74, 6) is 0. The first-order chi connectivity index (χ1) is 10.1. The average molecular weight is 369 g/mol. The Bertz CT molecular complexity index is 689. The summed E-state index contributed by atoms with van der Waals surface area (Å²) in [6, 6.07) is 3.97. The van der Waals surface area contributed by atoms with Gasteiger partial charge in [0.05, 0.1) is 22.9 Å². The topological polar surface area (TPSA) is 110 Å². The van der Waals surface area contributed by atoms with E-state index < -0.39 is 26.9 Å². The van der Waals surface area contributed by atoms with Gasteiger partial charge in [-0.1, -0.05) is 11.6 Å². The Morgan fingerprint density at radius 1 is 1.55 bits per heavy atom. The number of anilines is 1. The van der Waals surface area contributed by atoms with Crippen molar-refractivity contribution in [3.63, 3.8) is 0 Å². The first-order valence-corrected chi connectivity index (χ1v) is 9.46. The molecule has 0 saturated carbocycles. The fourth-order valence-electron chi connectivity index (χ4n) is 2.37. The molecule has 0 radical (unpaired) electrons. The quantitative estimate of drug-likeness (QED) is 0.765. The lowest BCUT2D eigenvalue weighted by atomic mass is 10.0. The summed E-state index contributed by atoms with van der Waals surface area (Å²) in [5, 5.41) is 5.06. The maximum Gasteiger partial charge on any atom is 0.261 e.